The third-order valence-corrected chi connectivity index (χ3v) is 1.49. The fraction of sp³-hybridized carbons (Fsp3) is 1.00. The molecule has 0 spiro atoms. The molecule has 0 aliphatic carbocycles. The standard InChI is InChI=1S/C6H14ClNO/c1-6(5-7)8-3-4-9-2/h6,8H,3-5H2,1-2H3. The second-order valence-corrected chi connectivity index (χ2v) is 2.31. The first kappa shape index (κ1) is 9.21. The van der Waals surface area contributed by atoms with Crippen LogP contribution in [-0.2, 0) is 4.74 Å². The van der Waals surface area contributed by atoms with Gasteiger partial charge in [0.25, 0.3) is 0 Å². The predicted molar refractivity (Wildman–Crippen MR) is 40.1 cm³/mol. The minimum Gasteiger partial charge on any atom is -0.383 e. The molecule has 0 aromatic heterocycles. The number of methoxy groups -OCH3 is 1. The summed E-state index contributed by atoms with van der Waals surface area (Å²) in [5.74, 6) is 0.656. The summed E-state index contributed by atoms with van der Waals surface area (Å²) in [5.41, 5.74) is 0. The van der Waals surface area contributed by atoms with Crippen LogP contribution in [0.15, 0.2) is 0 Å². The Morgan fingerprint density at radius 3 is 2.78 bits per heavy atom. The monoisotopic (exact) mass is 151 g/mol. The van der Waals surface area contributed by atoms with E-state index in [9.17, 15) is 0 Å². The van der Waals surface area contributed by atoms with Crippen molar-refractivity contribution in [1.82, 2.24) is 5.32 Å². The van der Waals surface area contributed by atoms with Crippen molar-refractivity contribution in [2.24, 2.45) is 0 Å². The minimum atomic E-state index is 0.391. The summed E-state index contributed by atoms with van der Waals surface area (Å²) in [5, 5.41) is 3.18. The van der Waals surface area contributed by atoms with Crippen LogP contribution in [0, 0.1) is 0 Å². The number of hydrogen-bond donors (Lipinski definition) is 1. The summed E-state index contributed by atoms with van der Waals surface area (Å²) in [6, 6.07) is 0.391. The molecule has 0 aliphatic heterocycles. The van der Waals surface area contributed by atoms with Crippen molar-refractivity contribution in [1.29, 1.82) is 0 Å². The number of nitrogens with one attached hydrogen (secondary N) is 1. The first-order chi connectivity index (χ1) is 4.31. The van der Waals surface area contributed by atoms with Gasteiger partial charge in [-0.05, 0) is 6.92 Å². The Kier molecular flexibility index (Phi) is 6.48. The van der Waals surface area contributed by atoms with Crippen molar-refractivity contribution in [3.05, 3.63) is 0 Å². The average molecular weight is 152 g/mol. The maximum atomic E-state index is 5.53. The molecule has 1 unspecified atom stereocenters. The highest BCUT2D eigenvalue weighted by molar-refractivity contribution is 6.18. The zero-order valence-electron chi connectivity index (χ0n) is 5.98. The molecule has 0 bridgehead atoms. The smallest absolute Gasteiger partial charge is 0.0587 e. The average Bonchev–Trinajstić information content (AvgIpc) is 1.89. The van der Waals surface area contributed by atoms with E-state index in [4.69, 9.17) is 16.3 Å². The van der Waals surface area contributed by atoms with Gasteiger partial charge >= 0.3 is 0 Å². The highest BCUT2D eigenvalue weighted by Crippen LogP contribution is 1.83. The number of alkyl halides is 1. The first-order valence-corrected chi connectivity index (χ1v) is 3.63. The van der Waals surface area contributed by atoms with Gasteiger partial charge in [0.1, 0.15) is 0 Å². The molecular formula is C6H14ClNO. The molecule has 0 saturated heterocycles. The molecule has 0 saturated carbocycles. The lowest BCUT2D eigenvalue weighted by molar-refractivity contribution is 0.197. The third-order valence-electron chi connectivity index (χ3n) is 1.03. The first-order valence-electron chi connectivity index (χ1n) is 3.09. The van der Waals surface area contributed by atoms with E-state index in [-0.39, 0.29) is 0 Å². The summed E-state index contributed by atoms with van der Waals surface area (Å²) in [4.78, 5) is 0. The highest BCUT2D eigenvalue weighted by atomic mass is 35.5. The van der Waals surface area contributed by atoms with E-state index < -0.39 is 0 Å². The van der Waals surface area contributed by atoms with E-state index >= 15 is 0 Å². The van der Waals surface area contributed by atoms with Crippen molar-refractivity contribution < 1.29 is 4.74 Å². The van der Waals surface area contributed by atoms with Gasteiger partial charge in [-0.15, -0.1) is 11.6 Å². The number of ether oxygens (including phenoxy) is 1. The molecule has 0 amide bonds. The van der Waals surface area contributed by atoms with Crippen molar-refractivity contribution in [2.75, 3.05) is 26.1 Å². The van der Waals surface area contributed by atoms with Crippen molar-refractivity contribution in [3.63, 3.8) is 0 Å². The van der Waals surface area contributed by atoms with Crippen molar-refractivity contribution in [3.8, 4) is 0 Å². The predicted octanol–water partition coefficient (Wildman–Crippen LogP) is 0.850. The lowest BCUT2D eigenvalue weighted by atomic mass is 10.4. The van der Waals surface area contributed by atoms with Gasteiger partial charge in [0.2, 0.25) is 0 Å². The summed E-state index contributed by atoms with van der Waals surface area (Å²) in [7, 11) is 1.69. The Bertz CT molecular complexity index is 61.0. The van der Waals surface area contributed by atoms with Gasteiger partial charge < -0.3 is 10.1 Å². The molecular weight excluding hydrogens is 138 g/mol. The van der Waals surface area contributed by atoms with Gasteiger partial charge in [0.05, 0.1) is 6.61 Å². The Balaban J connectivity index is 2.88. The summed E-state index contributed by atoms with van der Waals surface area (Å²) in [6.45, 7) is 3.67. The molecule has 9 heavy (non-hydrogen) atoms. The third kappa shape index (κ3) is 6.09. The molecule has 0 aromatic rings. The highest BCUT2D eigenvalue weighted by Gasteiger charge is 1.95. The van der Waals surface area contributed by atoms with Crippen LogP contribution in [0.5, 0.6) is 0 Å². The zero-order valence-corrected chi connectivity index (χ0v) is 6.74. The Morgan fingerprint density at radius 1 is 1.67 bits per heavy atom. The zero-order chi connectivity index (χ0) is 7.11. The van der Waals surface area contributed by atoms with Crippen LogP contribution in [0.25, 0.3) is 0 Å². The van der Waals surface area contributed by atoms with Crippen LogP contribution in [0.4, 0.5) is 0 Å². The van der Waals surface area contributed by atoms with E-state index in [1.54, 1.807) is 7.11 Å². The van der Waals surface area contributed by atoms with E-state index in [1.807, 2.05) is 6.92 Å². The van der Waals surface area contributed by atoms with Crippen LogP contribution < -0.4 is 5.32 Å². The number of halogens is 1. The van der Waals surface area contributed by atoms with Crippen LogP contribution in [0.1, 0.15) is 6.92 Å². The number of hydrogen-bond acceptors (Lipinski definition) is 2. The maximum Gasteiger partial charge on any atom is 0.0587 e. The van der Waals surface area contributed by atoms with Gasteiger partial charge in [-0.25, -0.2) is 0 Å². The second kappa shape index (κ2) is 6.33. The Labute approximate surface area is 61.5 Å². The van der Waals surface area contributed by atoms with Crippen LogP contribution in [0.2, 0.25) is 0 Å². The fourth-order valence-corrected chi connectivity index (χ4v) is 0.571. The second-order valence-electron chi connectivity index (χ2n) is 2.00. The van der Waals surface area contributed by atoms with E-state index in [0.717, 1.165) is 13.2 Å². The van der Waals surface area contributed by atoms with Crippen LogP contribution in [-0.4, -0.2) is 32.2 Å². The summed E-state index contributed by atoms with van der Waals surface area (Å²) in [6.07, 6.45) is 0. The van der Waals surface area contributed by atoms with Gasteiger partial charge in [-0.3, -0.25) is 0 Å². The molecule has 0 heterocycles. The van der Waals surface area contributed by atoms with Gasteiger partial charge in [0, 0.05) is 25.6 Å². The van der Waals surface area contributed by atoms with Crippen LogP contribution >= 0.6 is 11.6 Å². The lowest BCUT2D eigenvalue weighted by Crippen LogP contribution is -2.30. The Hall–Kier alpha value is 0.210. The molecule has 56 valence electrons. The minimum absolute atomic E-state index is 0.391. The lowest BCUT2D eigenvalue weighted by Gasteiger charge is -2.08. The number of rotatable bonds is 5. The molecule has 0 fully saturated rings. The summed E-state index contributed by atoms with van der Waals surface area (Å²) >= 11 is 5.53. The topological polar surface area (TPSA) is 21.3 Å². The normalized spacial score (nSPS) is 13.7. The summed E-state index contributed by atoms with van der Waals surface area (Å²) < 4.78 is 4.83. The van der Waals surface area contributed by atoms with Crippen LogP contribution in [0.3, 0.4) is 0 Å². The van der Waals surface area contributed by atoms with Crippen molar-refractivity contribution in [2.45, 2.75) is 13.0 Å². The molecule has 0 radical (unpaired) electrons. The van der Waals surface area contributed by atoms with Gasteiger partial charge in [0.15, 0.2) is 0 Å². The largest absolute Gasteiger partial charge is 0.383 e. The van der Waals surface area contributed by atoms with Gasteiger partial charge in [-0.1, -0.05) is 0 Å². The molecule has 0 aliphatic rings. The van der Waals surface area contributed by atoms with E-state index in [2.05, 4.69) is 5.32 Å². The van der Waals surface area contributed by atoms with E-state index in [1.165, 1.54) is 0 Å². The molecule has 0 aromatic carbocycles. The quantitative estimate of drug-likeness (QED) is 0.465. The Morgan fingerprint density at radius 2 is 2.33 bits per heavy atom. The molecule has 0 rings (SSSR count). The maximum absolute atomic E-state index is 5.53. The molecule has 3 heteroatoms. The molecule has 1 N–H and O–H groups in total. The molecule has 2 nitrogen and oxygen atoms in total. The fourth-order valence-electron chi connectivity index (χ4n) is 0.462. The van der Waals surface area contributed by atoms with Gasteiger partial charge in [-0.2, -0.15) is 0 Å². The molecule has 1 atom stereocenters. The van der Waals surface area contributed by atoms with E-state index in [0.29, 0.717) is 11.9 Å². The SMILES string of the molecule is COCCNC(C)CCl. The van der Waals surface area contributed by atoms with Crippen molar-refractivity contribution >= 4 is 11.6 Å².